The van der Waals surface area contributed by atoms with E-state index in [4.69, 9.17) is 4.74 Å². The maximum atomic E-state index is 12.5. The van der Waals surface area contributed by atoms with E-state index in [0.717, 1.165) is 18.4 Å². The van der Waals surface area contributed by atoms with Crippen molar-refractivity contribution in [1.82, 2.24) is 4.90 Å². The molecule has 1 aliphatic heterocycles. The number of methoxy groups -OCH3 is 1. The van der Waals surface area contributed by atoms with Crippen molar-refractivity contribution in [2.45, 2.75) is 43.9 Å². The first-order chi connectivity index (χ1) is 11.0. The number of benzene rings is 1. The van der Waals surface area contributed by atoms with Gasteiger partial charge in [0.25, 0.3) is 5.91 Å². The molecule has 6 heteroatoms. The summed E-state index contributed by atoms with van der Waals surface area (Å²) in [6, 6.07) is 7.17. The molecule has 1 saturated carbocycles. The van der Waals surface area contributed by atoms with Crippen molar-refractivity contribution in [1.29, 1.82) is 0 Å². The second-order valence-corrected chi connectivity index (χ2v) is 6.30. The molecule has 0 radical (unpaired) electrons. The standard InChI is InChI=1S/C17H21NO5/c1-23-12-7-5-11(6-8-12)10-18-15(20)14(19)13-4-2-3-9-17(13,18)16(21)22/h5-8,13-14,19H,2-4,9-10H2,1H3,(H,21,22)/t13-,14-,17-/m1/s1. The monoisotopic (exact) mass is 319 g/mol. The summed E-state index contributed by atoms with van der Waals surface area (Å²) in [5, 5.41) is 20.1. The number of hydrogen-bond acceptors (Lipinski definition) is 4. The molecule has 1 aromatic carbocycles. The average Bonchev–Trinajstić information content (AvgIpc) is 2.79. The van der Waals surface area contributed by atoms with Crippen LogP contribution in [0.5, 0.6) is 5.75 Å². The minimum atomic E-state index is -1.28. The van der Waals surface area contributed by atoms with Crippen LogP contribution in [0.25, 0.3) is 0 Å². The second kappa shape index (κ2) is 5.85. The summed E-state index contributed by atoms with van der Waals surface area (Å²) < 4.78 is 5.11. The molecule has 2 fully saturated rings. The maximum Gasteiger partial charge on any atom is 0.330 e. The lowest BCUT2D eigenvalue weighted by Crippen LogP contribution is -2.56. The highest BCUT2D eigenvalue weighted by molar-refractivity contribution is 5.94. The highest BCUT2D eigenvalue weighted by Crippen LogP contribution is 2.47. The first-order valence-corrected chi connectivity index (χ1v) is 7.86. The van der Waals surface area contributed by atoms with Crippen molar-refractivity contribution in [3.63, 3.8) is 0 Å². The molecule has 124 valence electrons. The molecule has 1 saturated heterocycles. The number of carboxylic acid groups (broad SMARTS) is 1. The predicted octanol–water partition coefficient (Wildman–Crippen LogP) is 1.41. The van der Waals surface area contributed by atoms with Crippen molar-refractivity contribution in [2.24, 2.45) is 5.92 Å². The number of aliphatic hydroxyl groups excluding tert-OH is 1. The molecule has 1 aromatic rings. The molecule has 3 atom stereocenters. The third-order valence-electron chi connectivity index (χ3n) is 5.19. The van der Waals surface area contributed by atoms with Gasteiger partial charge in [-0.25, -0.2) is 4.79 Å². The number of amides is 1. The Morgan fingerprint density at radius 2 is 2.04 bits per heavy atom. The van der Waals surface area contributed by atoms with Gasteiger partial charge >= 0.3 is 5.97 Å². The Morgan fingerprint density at radius 3 is 2.65 bits per heavy atom. The zero-order valence-corrected chi connectivity index (χ0v) is 13.1. The number of carboxylic acids is 1. The number of ether oxygens (including phenoxy) is 1. The minimum absolute atomic E-state index is 0.183. The second-order valence-electron chi connectivity index (χ2n) is 6.30. The minimum Gasteiger partial charge on any atom is -0.497 e. The molecular weight excluding hydrogens is 298 g/mol. The fraction of sp³-hybridized carbons (Fsp3) is 0.529. The third-order valence-corrected chi connectivity index (χ3v) is 5.19. The van der Waals surface area contributed by atoms with E-state index in [0.29, 0.717) is 18.6 Å². The van der Waals surface area contributed by atoms with Crippen LogP contribution in [-0.4, -0.2) is 45.7 Å². The van der Waals surface area contributed by atoms with Gasteiger partial charge in [-0.3, -0.25) is 4.79 Å². The molecular formula is C17H21NO5. The van der Waals surface area contributed by atoms with Crippen LogP contribution in [0, 0.1) is 5.92 Å². The molecule has 6 nitrogen and oxygen atoms in total. The fourth-order valence-electron chi connectivity index (χ4n) is 3.98. The zero-order chi connectivity index (χ0) is 16.6. The highest BCUT2D eigenvalue weighted by atomic mass is 16.5. The lowest BCUT2D eigenvalue weighted by Gasteiger charge is -2.41. The van der Waals surface area contributed by atoms with Gasteiger partial charge in [0.05, 0.1) is 7.11 Å². The molecule has 23 heavy (non-hydrogen) atoms. The fourth-order valence-corrected chi connectivity index (χ4v) is 3.98. The number of nitrogens with zero attached hydrogens (tertiary/aromatic N) is 1. The summed E-state index contributed by atoms with van der Waals surface area (Å²) >= 11 is 0. The van der Waals surface area contributed by atoms with E-state index in [1.807, 2.05) is 12.1 Å². The zero-order valence-electron chi connectivity index (χ0n) is 13.1. The third kappa shape index (κ3) is 2.37. The number of likely N-dealkylation sites (tertiary alicyclic amines) is 1. The first-order valence-electron chi connectivity index (χ1n) is 7.86. The Balaban J connectivity index is 1.94. The summed E-state index contributed by atoms with van der Waals surface area (Å²) in [5.74, 6) is -1.32. The van der Waals surface area contributed by atoms with E-state index in [1.165, 1.54) is 4.90 Å². The molecule has 0 unspecified atom stereocenters. The molecule has 1 aliphatic carbocycles. The first kappa shape index (κ1) is 15.8. The van der Waals surface area contributed by atoms with Gasteiger partial charge in [0.2, 0.25) is 0 Å². The number of carbonyl (C=O) groups excluding carboxylic acids is 1. The molecule has 2 N–H and O–H groups in total. The van der Waals surface area contributed by atoms with Crippen molar-refractivity contribution in [2.75, 3.05) is 7.11 Å². The summed E-state index contributed by atoms with van der Waals surface area (Å²) in [7, 11) is 1.57. The van der Waals surface area contributed by atoms with Gasteiger partial charge < -0.3 is 19.8 Å². The molecule has 0 bridgehead atoms. The Bertz CT molecular complexity index is 614. The van der Waals surface area contributed by atoms with Crippen LogP contribution in [0.15, 0.2) is 24.3 Å². The topological polar surface area (TPSA) is 87.1 Å². The Morgan fingerprint density at radius 1 is 1.35 bits per heavy atom. The van der Waals surface area contributed by atoms with Gasteiger partial charge in [0, 0.05) is 12.5 Å². The summed E-state index contributed by atoms with van der Waals surface area (Å²) in [5.41, 5.74) is -0.465. The van der Waals surface area contributed by atoms with Crippen LogP contribution in [0.4, 0.5) is 0 Å². The van der Waals surface area contributed by atoms with Gasteiger partial charge in [-0.15, -0.1) is 0 Å². The van der Waals surface area contributed by atoms with E-state index in [1.54, 1.807) is 19.2 Å². The van der Waals surface area contributed by atoms with Crippen molar-refractivity contribution in [3.05, 3.63) is 29.8 Å². The van der Waals surface area contributed by atoms with E-state index < -0.39 is 29.4 Å². The Kier molecular flexibility index (Phi) is 4.02. The average molecular weight is 319 g/mol. The Labute approximate surface area is 134 Å². The van der Waals surface area contributed by atoms with Crippen molar-refractivity contribution >= 4 is 11.9 Å². The van der Waals surface area contributed by atoms with Gasteiger partial charge in [0.15, 0.2) is 0 Å². The smallest absolute Gasteiger partial charge is 0.330 e. The number of aliphatic carboxylic acids is 1. The van der Waals surface area contributed by atoms with E-state index in [-0.39, 0.29) is 6.54 Å². The van der Waals surface area contributed by atoms with Crippen LogP contribution < -0.4 is 4.74 Å². The van der Waals surface area contributed by atoms with Gasteiger partial charge in [-0.2, -0.15) is 0 Å². The summed E-state index contributed by atoms with van der Waals surface area (Å²) in [4.78, 5) is 25.9. The van der Waals surface area contributed by atoms with Crippen molar-refractivity contribution < 1.29 is 24.5 Å². The predicted molar refractivity (Wildman–Crippen MR) is 81.9 cm³/mol. The molecule has 3 rings (SSSR count). The van der Waals surface area contributed by atoms with Crippen LogP contribution >= 0.6 is 0 Å². The highest BCUT2D eigenvalue weighted by Gasteiger charge is 2.63. The normalized spacial score (nSPS) is 30.2. The Hall–Kier alpha value is -2.08. The van der Waals surface area contributed by atoms with E-state index in [2.05, 4.69) is 0 Å². The van der Waals surface area contributed by atoms with Gasteiger partial charge in [-0.1, -0.05) is 25.0 Å². The number of rotatable bonds is 4. The SMILES string of the molecule is COc1ccc(CN2C(=O)[C@H](O)[C@H]3CCCC[C@]32C(=O)O)cc1. The lowest BCUT2D eigenvalue weighted by molar-refractivity contribution is -0.159. The maximum absolute atomic E-state index is 12.5. The summed E-state index contributed by atoms with van der Waals surface area (Å²) in [6.07, 6.45) is 1.34. The lowest BCUT2D eigenvalue weighted by atomic mass is 9.72. The molecule has 0 spiro atoms. The molecule has 1 heterocycles. The van der Waals surface area contributed by atoms with Crippen molar-refractivity contribution in [3.8, 4) is 5.75 Å². The molecule has 1 amide bonds. The number of carbonyl (C=O) groups is 2. The van der Waals surface area contributed by atoms with Crippen LogP contribution in [0.1, 0.15) is 31.2 Å². The van der Waals surface area contributed by atoms with E-state index >= 15 is 0 Å². The van der Waals surface area contributed by atoms with Crippen LogP contribution in [0.3, 0.4) is 0 Å². The van der Waals surface area contributed by atoms with Crippen LogP contribution in [-0.2, 0) is 16.1 Å². The number of aliphatic hydroxyl groups is 1. The van der Waals surface area contributed by atoms with E-state index in [9.17, 15) is 19.8 Å². The quantitative estimate of drug-likeness (QED) is 0.876. The summed E-state index contributed by atoms with van der Waals surface area (Å²) in [6.45, 7) is 0.183. The molecule has 0 aromatic heterocycles. The van der Waals surface area contributed by atoms with Gasteiger partial charge in [0.1, 0.15) is 17.4 Å². The number of hydrogen-bond donors (Lipinski definition) is 2. The van der Waals surface area contributed by atoms with Gasteiger partial charge in [-0.05, 0) is 30.5 Å². The molecule has 2 aliphatic rings. The largest absolute Gasteiger partial charge is 0.497 e. The number of fused-ring (bicyclic) bond motifs is 1. The van der Waals surface area contributed by atoms with Crippen LogP contribution in [0.2, 0.25) is 0 Å².